The molecule has 1 aromatic rings. The minimum atomic E-state index is -4.24. The third kappa shape index (κ3) is 5.08. The lowest BCUT2D eigenvalue weighted by atomic mass is 10.0. The van der Waals surface area contributed by atoms with Gasteiger partial charge >= 0.3 is 6.18 Å². The van der Waals surface area contributed by atoms with Gasteiger partial charge in [-0.05, 0) is 24.1 Å². The summed E-state index contributed by atoms with van der Waals surface area (Å²) in [5, 5.41) is 0. The lowest BCUT2D eigenvalue weighted by molar-refractivity contribution is -0.138. The van der Waals surface area contributed by atoms with E-state index in [1.807, 2.05) is 6.92 Å². The zero-order valence-corrected chi connectivity index (χ0v) is 9.63. The Hall–Kier alpha value is -1.23. The maximum atomic E-state index is 12.1. The van der Waals surface area contributed by atoms with Gasteiger partial charge in [0.05, 0.1) is 13.0 Å². The number of nitrogens with two attached hydrogens (primary N) is 1. The van der Waals surface area contributed by atoms with Crippen LogP contribution in [0.1, 0.15) is 31.4 Å². The SMILES string of the molecule is CCCOc1ccc([C@H](N)CC(F)(F)F)cc1. The number of hydrogen-bond donors (Lipinski definition) is 1. The van der Waals surface area contributed by atoms with Crippen LogP contribution in [-0.2, 0) is 0 Å². The number of ether oxygens (including phenoxy) is 1. The van der Waals surface area contributed by atoms with Crippen molar-refractivity contribution in [1.29, 1.82) is 0 Å². The summed E-state index contributed by atoms with van der Waals surface area (Å²) in [5.41, 5.74) is 5.93. The van der Waals surface area contributed by atoms with Crippen molar-refractivity contribution in [3.8, 4) is 5.75 Å². The molecule has 1 rings (SSSR count). The van der Waals surface area contributed by atoms with E-state index < -0.39 is 18.6 Å². The number of rotatable bonds is 5. The normalized spacial score (nSPS) is 13.5. The van der Waals surface area contributed by atoms with E-state index in [4.69, 9.17) is 10.5 Å². The van der Waals surface area contributed by atoms with Crippen molar-refractivity contribution in [3.05, 3.63) is 29.8 Å². The Morgan fingerprint density at radius 1 is 1.24 bits per heavy atom. The molecule has 0 aliphatic rings. The fourth-order valence-electron chi connectivity index (χ4n) is 1.40. The van der Waals surface area contributed by atoms with E-state index in [0.29, 0.717) is 17.9 Å². The van der Waals surface area contributed by atoms with Crippen molar-refractivity contribution in [2.45, 2.75) is 32.0 Å². The second-order valence-corrected chi connectivity index (χ2v) is 3.84. The highest BCUT2D eigenvalue weighted by Gasteiger charge is 2.30. The quantitative estimate of drug-likeness (QED) is 0.865. The van der Waals surface area contributed by atoms with E-state index in [1.54, 1.807) is 24.3 Å². The molecule has 17 heavy (non-hydrogen) atoms. The van der Waals surface area contributed by atoms with E-state index in [0.717, 1.165) is 6.42 Å². The second kappa shape index (κ2) is 5.91. The first-order valence-electron chi connectivity index (χ1n) is 5.47. The third-order valence-electron chi connectivity index (χ3n) is 2.23. The Bertz CT molecular complexity index is 335. The van der Waals surface area contributed by atoms with E-state index >= 15 is 0 Å². The van der Waals surface area contributed by atoms with E-state index in [1.165, 1.54) is 0 Å². The first-order valence-corrected chi connectivity index (χ1v) is 5.47. The Kier molecular flexibility index (Phi) is 4.81. The maximum Gasteiger partial charge on any atom is 0.390 e. The van der Waals surface area contributed by atoms with Crippen LogP contribution in [0.4, 0.5) is 13.2 Å². The van der Waals surface area contributed by atoms with Crippen LogP contribution in [-0.4, -0.2) is 12.8 Å². The number of hydrogen-bond acceptors (Lipinski definition) is 2. The van der Waals surface area contributed by atoms with Crippen molar-refractivity contribution in [2.24, 2.45) is 5.73 Å². The lowest BCUT2D eigenvalue weighted by Gasteiger charge is -2.14. The molecule has 0 saturated carbocycles. The van der Waals surface area contributed by atoms with Crippen molar-refractivity contribution in [1.82, 2.24) is 0 Å². The van der Waals surface area contributed by atoms with Gasteiger partial charge in [-0.1, -0.05) is 19.1 Å². The molecule has 0 aliphatic carbocycles. The number of benzene rings is 1. The molecule has 1 aromatic carbocycles. The molecule has 0 aromatic heterocycles. The standard InChI is InChI=1S/C12H16F3NO/c1-2-7-17-10-5-3-9(4-6-10)11(16)8-12(13,14)15/h3-6,11H,2,7-8,16H2,1H3/t11-/m1/s1. The van der Waals surface area contributed by atoms with Crippen LogP contribution in [0.5, 0.6) is 5.75 Å². The molecule has 2 N–H and O–H groups in total. The molecule has 0 unspecified atom stereocenters. The van der Waals surface area contributed by atoms with Gasteiger partial charge in [0.15, 0.2) is 0 Å². The van der Waals surface area contributed by atoms with Crippen molar-refractivity contribution < 1.29 is 17.9 Å². The Morgan fingerprint density at radius 3 is 2.29 bits per heavy atom. The largest absolute Gasteiger partial charge is 0.494 e. The molecule has 0 bridgehead atoms. The monoisotopic (exact) mass is 247 g/mol. The summed E-state index contributed by atoms with van der Waals surface area (Å²) < 4.78 is 41.7. The van der Waals surface area contributed by atoms with Crippen molar-refractivity contribution in [2.75, 3.05) is 6.61 Å². The summed E-state index contributed by atoms with van der Waals surface area (Å²) >= 11 is 0. The third-order valence-corrected chi connectivity index (χ3v) is 2.23. The minimum Gasteiger partial charge on any atom is -0.494 e. The van der Waals surface area contributed by atoms with Gasteiger partial charge in [0, 0.05) is 6.04 Å². The Labute approximate surface area is 98.6 Å². The van der Waals surface area contributed by atoms with Crippen LogP contribution in [0.15, 0.2) is 24.3 Å². The molecule has 0 amide bonds. The maximum absolute atomic E-state index is 12.1. The van der Waals surface area contributed by atoms with Gasteiger partial charge in [-0.15, -0.1) is 0 Å². The minimum absolute atomic E-state index is 0.464. The van der Waals surface area contributed by atoms with Crippen LogP contribution >= 0.6 is 0 Å². The highest BCUT2D eigenvalue weighted by atomic mass is 19.4. The first kappa shape index (κ1) is 13.8. The van der Waals surface area contributed by atoms with E-state index in [2.05, 4.69) is 0 Å². The van der Waals surface area contributed by atoms with Gasteiger partial charge in [-0.3, -0.25) is 0 Å². The highest BCUT2D eigenvalue weighted by molar-refractivity contribution is 5.29. The van der Waals surface area contributed by atoms with Crippen molar-refractivity contribution in [3.63, 3.8) is 0 Å². The summed E-state index contributed by atoms with van der Waals surface area (Å²) in [5.74, 6) is 0.648. The zero-order chi connectivity index (χ0) is 12.9. The van der Waals surface area contributed by atoms with Crippen LogP contribution in [0, 0.1) is 0 Å². The molecule has 0 aliphatic heterocycles. The lowest BCUT2D eigenvalue weighted by Crippen LogP contribution is -2.20. The van der Waals surface area contributed by atoms with Crippen LogP contribution in [0.2, 0.25) is 0 Å². The molecule has 2 nitrogen and oxygen atoms in total. The summed E-state index contributed by atoms with van der Waals surface area (Å²) in [4.78, 5) is 0. The summed E-state index contributed by atoms with van der Waals surface area (Å²) in [7, 11) is 0. The van der Waals surface area contributed by atoms with Gasteiger partial charge in [-0.25, -0.2) is 0 Å². The molecule has 0 heterocycles. The molecule has 96 valence electrons. The molecule has 0 spiro atoms. The fourth-order valence-corrected chi connectivity index (χ4v) is 1.40. The molecule has 0 saturated heterocycles. The molecule has 1 atom stereocenters. The molecule has 0 radical (unpaired) electrons. The van der Waals surface area contributed by atoms with Gasteiger partial charge in [0.25, 0.3) is 0 Å². The van der Waals surface area contributed by atoms with Gasteiger partial charge in [-0.2, -0.15) is 13.2 Å². The van der Waals surface area contributed by atoms with Gasteiger partial charge in [0.2, 0.25) is 0 Å². The molecular formula is C12H16F3NO. The Morgan fingerprint density at radius 2 is 1.82 bits per heavy atom. The van der Waals surface area contributed by atoms with Crippen LogP contribution < -0.4 is 10.5 Å². The number of alkyl halides is 3. The van der Waals surface area contributed by atoms with Gasteiger partial charge in [0.1, 0.15) is 5.75 Å². The van der Waals surface area contributed by atoms with E-state index in [-0.39, 0.29) is 0 Å². The fraction of sp³-hybridized carbons (Fsp3) is 0.500. The average molecular weight is 247 g/mol. The summed E-state index contributed by atoms with van der Waals surface area (Å²) in [6.45, 7) is 2.57. The predicted octanol–water partition coefficient (Wildman–Crippen LogP) is 3.43. The molecule has 0 fully saturated rings. The first-order chi connectivity index (χ1) is 7.92. The second-order valence-electron chi connectivity index (χ2n) is 3.84. The van der Waals surface area contributed by atoms with Gasteiger partial charge < -0.3 is 10.5 Å². The smallest absolute Gasteiger partial charge is 0.390 e. The average Bonchev–Trinajstić information content (AvgIpc) is 2.24. The highest BCUT2D eigenvalue weighted by Crippen LogP contribution is 2.28. The number of halogens is 3. The molecular weight excluding hydrogens is 231 g/mol. The Balaban J connectivity index is 2.60. The molecule has 5 heteroatoms. The van der Waals surface area contributed by atoms with E-state index in [9.17, 15) is 13.2 Å². The summed E-state index contributed by atoms with van der Waals surface area (Å²) in [6, 6.07) is 5.40. The zero-order valence-electron chi connectivity index (χ0n) is 9.63. The predicted molar refractivity (Wildman–Crippen MR) is 59.8 cm³/mol. The van der Waals surface area contributed by atoms with Crippen molar-refractivity contribution >= 4 is 0 Å². The summed E-state index contributed by atoms with van der Waals surface area (Å²) in [6.07, 6.45) is -4.37. The van der Waals surface area contributed by atoms with Crippen LogP contribution in [0.25, 0.3) is 0 Å². The topological polar surface area (TPSA) is 35.2 Å². The van der Waals surface area contributed by atoms with Crippen LogP contribution in [0.3, 0.4) is 0 Å².